The van der Waals surface area contributed by atoms with Crippen LogP contribution in [0.1, 0.15) is 22.7 Å². The van der Waals surface area contributed by atoms with Crippen LogP contribution in [0.15, 0.2) is 48.5 Å². The molecule has 0 saturated carbocycles. The Morgan fingerprint density at radius 2 is 1.90 bits per heavy atom. The molecule has 2 aromatic rings. The Balaban J connectivity index is 1.85. The maximum Gasteiger partial charge on any atom is 0.123 e. The van der Waals surface area contributed by atoms with Gasteiger partial charge in [-0.1, -0.05) is 36.4 Å². The van der Waals surface area contributed by atoms with Gasteiger partial charge in [0.05, 0.1) is 0 Å². The van der Waals surface area contributed by atoms with E-state index < -0.39 is 0 Å². The molecule has 1 heterocycles. The van der Waals surface area contributed by atoms with Gasteiger partial charge in [0.1, 0.15) is 5.82 Å². The second kappa shape index (κ2) is 5.73. The van der Waals surface area contributed by atoms with Gasteiger partial charge in [-0.05, 0) is 35.2 Å². The zero-order chi connectivity index (χ0) is 13.9. The Hall–Kier alpha value is -1.71. The summed E-state index contributed by atoms with van der Waals surface area (Å²) in [5.74, 6) is -0.196. The molecule has 20 heavy (non-hydrogen) atoms. The second-order valence-electron chi connectivity index (χ2n) is 5.30. The van der Waals surface area contributed by atoms with Gasteiger partial charge >= 0.3 is 0 Å². The quantitative estimate of drug-likeness (QED) is 0.929. The van der Waals surface area contributed by atoms with Crippen molar-refractivity contribution in [2.45, 2.75) is 19.0 Å². The lowest BCUT2D eigenvalue weighted by atomic mass is 9.96. The van der Waals surface area contributed by atoms with Crippen LogP contribution >= 0.6 is 0 Å². The minimum atomic E-state index is -0.196. The van der Waals surface area contributed by atoms with E-state index in [4.69, 9.17) is 5.73 Å². The lowest BCUT2D eigenvalue weighted by molar-refractivity contribution is 0.183. The molecule has 3 rings (SSSR count). The van der Waals surface area contributed by atoms with Gasteiger partial charge in [0.25, 0.3) is 0 Å². The molecule has 0 radical (unpaired) electrons. The van der Waals surface area contributed by atoms with Crippen LogP contribution in [0.2, 0.25) is 0 Å². The fourth-order valence-electron chi connectivity index (χ4n) is 2.99. The molecule has 0 saturated heterocycles. The maximum absolute atomic E-state index is 13.4. The Morgan fingerprint density at radius 1 is 1.10 bits per heavy atom. The third kappa shape index (κ3) is 2.60. The Bertz CT molecular complexity index is 597. The van der Waals surface area contributed by atoms with E-state index in [1.165, 1.54) is 17.2 Å². The summed E-state index contributed by atoms with van der Waals surface area (Å²) in [5.41, 5.74) is 9.68. The maximum atomic E-state index is 13.4. The zero-order valence-electron chi connectivity index (χ0n) is 11.4. The van der Waals surface area contributed by atoms with E-state index in [9.17, 15) is 4.39 Å². The first kappa shape index (κ1) is 13.3. The van der Waals surface area contributed by atoms with Gasteiger partial charge < -0.3 is 5.73 Å². The minimum absolute atomic E-state index is 0.0825. The normalized spacial score (nSPS) is 16.7. The molecule has 1 aliphatic rings. The number of halogens is 1. The molecule has 1 atom stereocenters. The smallest absolute Gasteiger partial charge is 0.123 e. The molecule has 0 bridgehead atoms. The molecule has 1 aliphatic heterocycles. The molecule has 0 aromatic heterocycles. The SMILES string of the molecule is NCC(c1cccc(F)c1)N1CCc2ccccc2C1. The van der Waals surface area contributed by atoms with Gasteiger partial charge in [0.15, 0.2) is 0 Å². The van der Waals surface area contributed by atoms with Crippen molar-refractivity contribution in [1.29, 1.82) is 0 Å². The zero-order valence-corrected chi connectivity index (χ0v) is 11.4. The minimum Gasteiger partial charge on any atom is -0.329 e. The largest absolute Gasteiger partial charge is 0.329 e. The van der Waals surface area contributed by atoms with Crippen molar-refractivity contribution in [1.82, 2.24) is 4.90 Å². The molecule has 3 heteroatoms. The molecule has 2 nitrogen and oxygen atoms in total. The molecule has 0 aliphatic carbocycles. The molecule has 0 fully saturated rings. The van der Waals surface area contributed by atoms with E-state index in [0.717, 1.165) is 25.1 Å². The summed E-state index contributed by atoms with van der Waals surface area (Å²) in [7, 11) is 0. The van der Waals surface area contributed by atoms with Crippen LogP contribution in [-0.2, 0) is 13.0 Å². The summed E-state index contributed by atoms with van der Waals surface area (Å²) >= 11 is 0. The molecular weight excluding hydrogens is 251 g/mol. The molecular formula is C17H19FN2. The van der Waals surface area contributed by atoms with Crippen molar-refractivity contribution in [2.75, 3.05) is 13.1 Å². The summed E-state index contributed by atoms with van der Waals surface area (Å²) in [5, 5.41) is 0. The molecule has 2 aromatic carbocycles. The summed E-state index contributed by atoms with van der Waals surface area (Å²) in [4.78, 5) is 2.34. The van der Waals surface area contributed by atoms with Crippen molar-refractivity contribution >= 4 is 0 Å². The fourth-order valence-corrected chi connectivity index (χ4v) is 2.99. The second-order valence-corrected chi connectivity index (χ2v) is 5.30. The average molecular weight is 270 g/mol. The summed E-state index contributed by atoms with van der Waals surface area (Å²) < 4.78 is 13.4. The van der Waals surface area contributed by atoms with Crippen LogP contribution in [0.5, 0.6) is 0 Å². The number of hydrogen-bond donors (Lipinski definition) is 1. The average Bonchev–Trinajstić information content (AvgIpc) is 2.48. The van der Waals surface area contributed by atoms with Crippen LogP contribution in [-0.4, -0.2) is 18.0 Å². The number of benzene rings is 2. The van der Waals surface area contributed by atoms with Crippen molar-refractivity contribution < 1.29 is 4.39 Å². The van der Waals surface area contributed by atoms with E-state index in [1.807, 2.05) is 6.07 Å². The van der Waals surface area contributed by atoms with Crippen molar-refractivity contribution in [3.8, 4) is 0 Å². The standard InChI is InChI=1S/C17H19FN2/c18-16-7-3-6-14(10-16)17(11-19)20-9-8-13-4-1-2-5-15(13)12-20/h1-7,10,17H,8-9,11-12,19H2. The third-order valence-corrected chi connectivity index (χ3v) is 4.06. The van der Waals surface area contributed by atoms with Crippen molar-refractivity contribution in [3.63, 3.8) is 0 Å². The highest BCUT2D eigenvalue weighted by Crippen LogP contribution is 2.27. The van der Waals surface area contributed by atoms with E-state index in [0.29, 0.717) is 6.54 Å². The van der Waals surface area contributed by atoms with Gasteiger partial charge in [0.2, 0.25) is 0 Å². The first-order valence-corrected chi connectivity index (χ1v) is 7.04. The summed E-state index contributed by atoms with van der Waals surface area (Å²) in [6.45, 7) is 2.36. The number of fused-ring (bicyclic) bond motifs is 1. The van der Waals surface area contributed by atoms with Crippen LogP contribution in [0, 0.1) is 5.82 Å². The van der Waals surface area contributed by atoms with Gasteiger partial charge in [-0.25, -0.2) is 4.39 Å². The highest BCUT2D eigenvalue weighted by Gasteiger charge is 2.23. The van der Waals surface area contributed by atoms with Crippen LogP contribution < -0.4 is 5.73 Å². The highest BCUT2D eigenvalue weighted by molar-refractivity contribution is 5.30. The number of rotatable bonds is 3. The molecule has 0 amide bonds. The van der Waals surface area contributed by atoms with Gasteiger partial charge in [-0.3, -0.25) is 4.90 Å². The lowest BCUT2D eigenvalue weighted by Gasteiger charge is -2.35. The van der Waals surface area contributed by atoms with Crippen LogP contribution in [0.4, 0.5) is 4.39 Å². The van der Waals surface area contributed by atoms with E-state index in [1.54, 1.807) is 12.1 Å². The van der Waals surface area contributed by atoms with Gasteiger partial charge in [-0.2, -0.15) is 0 Å². The van der Waals surface area contributed by atoms with E-state index >= 15 is 0 Å². The number of nitrogens with two attached hydrogens (primary N) is 1. The molecule has 104 valence electrons. The first-order valence-electron chi connectivity index (χ1n) is 7.04. The first-order chi connectivity index (χ1) is 9.78. The predicted octanol–water partition coefficient (Wildman–Crippen LogP) is 2.88. The number of nitrogens with zero attached hydrogens (tertiary/aromatic N) is 1. The number of hydrogen-bond acceptors (Lipinski definition) is 2. The van der Waals surface area contributed by atoms with E-state index in [2.05, 4.69) is 29.2 Å². The summed E-state index contributed by atoms with van der Waals surface area (Å²) in [6.07, 6.45) is 1.03. The summed E-state index contributed by atoms with van der Waals surface area (Å²) in [6, 6.07) is 15.4. The van der Waals surface area contributed by atoms with Crippen LogP contribution in [0.25, 0.3) is 0 Å². The third-order valence-electron chi connectivity index (χ3n) is 4.06. The topological polar surface area (TPSA) is 29.3 Å². The molecule has 2 N–H and O–H groups in total. The van der Waals surface area contributed by atoms with Crippen molar-refractivity contribution in [2.24, 2.45) is 5.73 Å². The van der Waals surface area contributed by atoms with Gasteiger partial charge in [-0.15, -0.1) is 0 Å². The lowest BCUT2D eigenvalue weighted by Crippen LogP contribution is -2.37. The predicted molar refractivity (Wildman–Crippen MR) is 78.8 cm³/mol. The monoisotopic (exact) mass is 270 g/mol. The van der Waals surface area contributed by atoms with Gasteiger partial charge in [0, 0.05) is 25.7 Å². The Labute approximate surface area is 119 Å². The van der Waals surface area contributed by atoms with Crippen LogP contribution in [0.3, 0.4) is 0 Å². The molecule has 1 unspecified atom stereocenters. The Morgan fingerprint density at radius 3 is 2.65 bits per heavy atom. The van der Waals surface area contributed by atoms with Crippen molar-refractivity contribution in [3.05, 3.63) is 71.0 Å². The highest BCUT2D eigenvalue weighted by atomic mass is 19.1. The van der Waals surface area contributed by atoms with E-state index in [-0.39, 0.29) is 11.9 Å². The Kier molecular flexibility index (Phi) is 3.81. The fraction of sp³-hybridized carbons (Fsp3) is 0.294. The molecule has 0 spiro atoms.